The Morgan fingerprint density at radius 1 is 0.907 bits per heavy atom. The van der Waals surface area contributed by atoms with E-state index in [-0.39, 0.29) is 29.2 Å². The van der Waals surface area contributed by atoms with Gasteiger partial charge in [0.1, 0.15) is 11.0 Å². The Morgan fingerprint density at radius 2 is 1.65 bits per heavy atom. The number of aromatic amines is 1. The van der Waals surface area contributed by atoms with E-state index in [0.717, 1.165) is 27.7 Å². The number of benzene rings is 4. The van der Waals surface area contributed by atoms with Crippen molar-refractivity contribution in [2.24, 2.45) is 5.92 Å². The summed E-state index contributed by atoms with van der Waals surface area (Å²) in [5.74, 6) is -1.95. The maximum atomic E-state index is 14.0. The predicted molar refractivity (Wildman–Crippen MR) is 168 cm³/mol. The number of nitrogens with zero attached hydrogens (tertiary/aromatic N) is 1. The Balaban J connectivity index is 1.21. The number of nitrogens with one attached hydrogen (secondary N) is 2. The summed E-state index contributed by atoms with van der Waals surface area (Å²) in [6, 6.07) is 27.9. The molecule has 3 atom stereocenters. The monoisotopic (exact) mass is 607 g/mol. The highest BCUT2D eigenvalue weighted by Gasteiger charge is 2.56. The molecule has 5 aromatic rings. The molecular formula is C33H25N3O5S2. The number of aromatic nitrogens is 1. The zero-order valence-electron chi connectivity index (χ0n) is 22.9. The first kappa shape index (κ1) is 27.2. The lowest BCUT2D eigenvalue weighted by Crippen LogP contribution is -2.32. The summed E-state index contributed by atoms with van der Waals surface area (Å²) in [4.78, 5) is 57.8. The van der Waals surface area contributed by atoms with Crippen molar-refractivity contribution in [1.82, 2.24) is 4.98 Å². The van der Waals surface area contributed by atoms with Gasteiger partial charge in [0.2, 0.25) is 11.8 Å². The van der Waals surface area contributed by atoms with Crippen LogP contribution in [0, 0.1) is 12.8 Å². The molecule has 1 aromatic heterocycles. The molecule has 0 aliphatic carbocycles. The number of rotatable bonds is 6. The highest BCUT2D eigenvalue weighted by Crippen LogP contribution is 2.54. The lowest BCUT2D eigenvalue weighted by Gasteiger charge is -2.30. The van der Waals surface area contributed by atoms with Gasteiger partial charge in [0, 0.05) is 27.4 Å². The van der Waals surface area contributed by atoms with Gasteiger partial charge in [0.05, 0.1) is 16.6 Å². The van der Waals surface area contributed by atoms with Crippen molar-refractivity contribution in [2.75, 3.05) is 16.8 Å². The molecule has 0 saturated carbocycles. The molecule has 2 aliphatic rings. The molecule has 2 N–H and O–H groups in total. The summed E-state index contributed by atoms with van der Waals surface area (Å²) in [6.07, 6.45) is 0. The first-order valence-corrected chi connectivity index (χ1v) is 15.4. The minimum atomic E-state index is -0.757. The van der Waals surface area contributed by atoms with Crippen LogP contribution < -0.4 is 19.8 Å². The topological polar surface area (TPSA) is 109 Å². The number of hydrogen-bond donors (Lipinski definition) is 2. The predicted octanol–water partition coefficient (Wildman–Crippen LogP) is 5.71. The fourth-order valence-corrected chi connectivity index (χ4v) is 8.34. The van der Waals surface area contributed by atoms with Crippen molar-refractivity contribution in [3.63, 3.8) is 0 Å². The van der Waals surface area contributed by atoms with E-state index in [1.54, 1.807) is 24.3 Å². The molecule has 214 valence electrons. The number of thioether (sulfide) groups is 1. The molecule has 0 radical (unpaired) electrons. The molecule has 2 aliphatic heterocycles. The normalized spacial score (nSPS) is 19.3. The van der Waals surface area contributed by atoms with Crippen LogP contribution in [0.2, 0.25) is 0 Å². The van der Waals surface area contributed by atoms with Crippen LogP contribution in [0.1, 0.15) is 21.9 Å². The Hall–Kier alpha value is -4.67. The molecule has 0 spiro atoms. The minimum absolute atomic E-state index is 0.259. The van der Waals surface area contributed by atoms with Gasteiger partial charge in [0.25, 0.3) is 5.91 Å². The number of carbonyl (C=O) groups excluding carboxylic acids is 3. The van der Waals surface area contributed by atoms with Gasteiger partial charge < -0.3 is 15.0 Å². The van der Waals surface area contributed by atoms with Gasteiger partial charge in [-0.15, -0.1) is 0 Å². The first-order valence-electron chi connectivity index (χ1n) is 13.7. The van der Waals surface area contributed by atoms with Crippen LogP contribution in [0.5, 0.6) is 5.75 Å². The van der Waals surface area contributed by atoms with E-state index in [2.05, 4.69) is 10.3 Å². The van der Waals surface area contributed by atoms with Gasteiger partial charge in [0.15, 0.2) is 6.61 Å². The van der Waals surface area contributed by atoms with Crippen LogP contribution >= 0.6 is 23.1 Å². The Bertz CT molecular complexity index is 1960. The number of hydrogen-bond acceptors (Lipinski definition) is 7. The molecule has 7 rings (SSSR count). The molecule has 10 heteroatoms. The zero-order valence-corrected chi connectivity index (χ0v) is 24.5. The van der Waals surface area contributed by atoms with Crippen molar-refractivity contribution >= 4 is 63.0 Å². The summed E-state index contributed by atoms with van der Waals surface area (Å²) < 4.78 is 6.08. The van der Waals surface area contributed by atoms with Crippen molar-refractivity contribution in [3.8, 4) is 5.75 Å². The summed E-state index contributed by atoms with van der Waals surface area (Å²) in [7, 11) is 0. The second kappa shape index (κ2) is 10.9. The van der Waals surface area contributed by atoms with Crippen molar-refractivity contribution < 1.29 is 19.1 Å². The lowest BCUT2D eigenvalue weighted by atomic mass is 9.82. The van der Waals surface area contributed by atoms with Crippen LogP contribution in [-0.2, 0) is 14.4 Å². The third-order valence-corrected chi connectivity index (χ3v) is 10.2. The molecule has 8 nitrogen and oxygen atoms in total. The molecule has 3 unspecified atom stereocenters. The van der Waals surface area contributed by atoms with Crippen molar-refractivity contribution in [3.05, 3.63) is 117 Å². The molecule has 4 aromatic carbocycles. The van der Waals surface area contributed by atoms with E-state index < -0.39 is 17.1 Å². The molecule has 3 amide bonds. The van der Waals surface area contributed by atoms with Crippen molar-refractivity contribution in [1.29, 1.82) is 0 Å². The minimum Gasteiger partial charge on any atom is -0.483 e. The molecule has 43 heavy (non-hydrogen) atoms. The second-order valence-corrected chi connectivity index (χ2v) is 12.7. The number of amides is 3. The summed E-state index contributed by atoms with van der Waals surface area (Å²) in [5.41, 5.74) is 2.85. The number of ether oxygens (including phenoxy) is 1. The number of para-hydroxylation sites is 1. The van der Waals surface area contributed by atoms with E-state index >= 15 is 0 Å². The van der Waals surface area contributed by atoms with Gasteiger partial charge in [-0.1, -0.05) is 95.4 Å². The third-order valence-electron chi connectivity index (χ3n) is 7.79. The highest BCUT2D eigenvalue weighted by atomic mass is 32.2. The second-order valence-electron chi connectivity index (χ2n) is 10.5. The Labute approximate surface area is 254 Å². The smallest absolute Gasteiger partial charge is 0.305 e. The van der Waals surface area contributed by atoms with E-state index in [1.807, 2.05) is 73.7 Å². The summed E-state index contributed by atoms with van der Waals surface area (Å²) >= 11 is 2.26. The maximum Gasteiger partial charge on any atom is 0.305 e. The number of thiazole rings is 1. The fraction of sp³-hybridized carbons (Fsp3) is 0.152. The van der Waals surface area contributed by atoms with E-state index in [0.29, 0.717) is 32.6 Å². The van der Waals surface area contributed by atoms with E-state index in [1.165, 1.54) is 16.7 Å². The SMILES string of the molecule is Cc1ccc(N2C(=O)C3Sc4[nH]c(=O)sc4C(c4ccccc4OCC(=O)Nc4cccc5ccccc45)C3C2=O)cc1. The largest absolute Gasteiger partial charge is 0.483 e. The molecule has 1 saturated heterocycles. The van der Waals surface area contributed by atoms with Gasteiger partial charge in [-0.3, -0.25) is 19.2 Å². The van der Waals surface area contributed by atoms with E-state index in [9.17, 15) is 19.2 Å². The summed E-state index contributed by atoms with van der Waals surface area (Å²) in [5, 5.41) is 4.72. The highest BCUT2D eigenvalue weighted by molar-refractivity contribution is 8.00. The number of H-pyrrole nitrogens is 1. The molecule has 1 fully saturated rings. The van der Waals surface area contributed by atoms with Crippen molar-refractivity contribution in [2.45, 2.75) is 23.1 Å². The van der Waals surface area contributed by atoms with Gasteiger partial charge in [-0.2, -0.15) is 0 Å². The zero-order chi connectivity index (χ0) is 29.7. The number of imide groups is 1. The molecular weight excluding hydrogens is 583 g/mol. The standard InChI is InChI=1S/C33H25N3O5S2/c1-18-13-15-20(16-14-18)36-31(38)27-26(28-30(35-33(40)43-28)42-29(27)32(36)39)22-10-4-5-12-24(22)41-17-25(37)34-23-11-6-8-19-7-2-3-9-21(19)23/h2-16,26-27,29H,17H2,1H3,(H,34,37)(H,35,40). The number of anilines is 2. The van der Waals surface area contributed by atoms with Crippen LogP contribution in [0.4, 0.5) is 11.4 Å². The number of carbonyl (C=O) groups is 3. The summed E-state index contributed by atoms with van der Waals surface area (Å²) in [6.45, 7) is 1.67. The average molecular weight is 608 g/mol. The number of aryl methyl sites for hydroxylation is 1. The molecule has 3 heterocycles. The quantitative estimate of drug-likeness (QED) is 0.240. The van der Waals surface area contributed by atoms with Crippen LogP contribution in [0.15, 0.2) is 101 Å². The number of fused-ring (bicyclic) bond motifs is 3. The van der Waals surface area contributed by atoms with Gasteiger partial charge in [-0.25, -0.2) is 4.90 Å². The lowest BCUT2D eigenvalue weighted by molar-refractivity contribution is -0.122. The first-order chi connectivity index (χ1) is 20.9. The Morgan fingerprint density at radius 3 is 2.49 bits per heavy atom. The van der Waals surface area contributed by atoms with Crippen LogP contribution in [-0.4, -0.2) is 34.6 Å². The van der Waals surface area contributed by atoms with Gasteiger partial charge in [-0.05, 0) is 36.6 Å². The molecule has 0 bridgehead atoms. The van der Waals surface area contributed by atoms with Crippen LogP contribution in [0.25, 0.3) is 10.8 Å². The average Bonchev–Trinajstić information content (AvgIpc) is 3.51. The fourth-order valence-electron chi connectivity index (χ4n) is 5.83. The third kappa shape index (κ3) is 4.82. The van der Waals surface area contributed by atoms with Crippen LogP contribution in [0.3, 0.4) is 0 Å². The van der Waals surface area contributed by atoms with E-state index in [4.69, 9.17) is 4.74 Å². The van der Waals surface area contributed by atoms with Gasteiger partial charge >= 0.3 is 4.87 Å². The Kier molecular flexibility index (Phi) is 6.87. The maximum absolute atomic E-state index is 14.0.